The molecule has 2 aromatic carbocycles. The van der Waals surface area contributed by atoms with Gasteiger partial charge in [0.25, 0.3) is 0 Å². The molecule has 0 atom stereocenters. The van der Waals surface area contributed by atoms with Crippen LogP contribution in [0, 0.1) is 11.6 Å². The Bertz CT molecular complexity index is 921. The molecule has 0 aliphatic heterocycles. The van der Waals surface area contributed by atoms with Crippen LogP contribution in [0.3, 0.4) is 0 Å². The lowest BCUT2D eigenvalue weighted by atomic mass is 10.2. The zero-order chi connectivity index (χ0) is 18.5. The number of rotatable bonds is 6. The molecule has 3 aromatic rings. The summed E-state index contributed by atoms with van der Waals surface area (Å²) in [6, 6.07) is 10.5. The molecule has 2 N–H and O–H groups in total. The van der Waals surface area contributed by atoms with E-state index in [1.807, 2.05) is 6.07 Å². The van der Waals surface area contributed by atoms with Gasteiger partial charge in [-0.15, -0.1) is 0 Å². The monoisotopic (exact) mass is 358 g/mol. The van der Waals surface area contributed by atoms with Gasteiger partial charge in [0.1, 0.15) is 5.82 Å². The molecule has 0 aliphatic carbocycles. The van der Waals surface area contributed by atoms with Gasteiger partial charge in [0.05, 0.1) is 14.2 Å². The van der Waals surface area contributed by atoms with Gasteiger partial charge in [0.15, 0.2) is 23.1 Å². The van der Waals surface area contributed by atoms with Crippen LogP contribution in [0.1, 0.15) is 0 Å². The summed E-state index contributed by atoms with van der Waals surface area (Å²) in [7, 11) is 3.11. The lowest BCUT2D eigenvalue weighted by Gasteiger charge is -2.11. The number of halogens is 2. The molecule has 6 nitrogen and oxygen atoms in total. The van der Waals surface area contributed by atoms with Gasteiger partial charge in [-0.2, -0.15) is 4.98 Å². The zero-order valence-electron chi connectivity index (χ0n) is 14.1. The van der Waals surface area contributed by atoms with Gasteiger partial charge in [0.2, 0.25) is 5.95 Å². The highest BCUT2D eigenvalue weighted by Gasteiger charge is 2.07. The second-order valence-corrected chi connectivity index (χ2v) is 5.21. The summed E-state index contributed by atoms with van der Waals surface area (Å²) in [5.41, 5.74) is 1.08. The topological polar surface area (TPSA) is 68.3 Å². The van der Waals surface area contributed by atoms with Crippen molar-refractivity contribution in [3.8, 4) is 11.5 Å². The molecule has 0 spiro atoms. The third-order valence-electron chi connectivity index (χ3n) is 3.49. The lowest BCUT2D eigenvalue weighted by molar-refractivity contribution is 0.355. The SMILES string of the molecule is COc1ccc(Nc2ccnc(Nc3ccc(F)c(F)c3)n2)cc1OC. The highest BCUT2D eigenvalue weighted by Crippen LogP contribution is 2.31. The minimum Gasteiger partial charge on any atom is -0.493 e. The first-order chi connectivity index (χ1) is 12.6. The van der Waals surface area contributed by atoms with Gasteiger partial charge >= 0.3 is 0 Å². The molecule has 0 fully saturated rings. The lowest BCUT2D eigenvalue weighted by Crippen LogP contribution is -2.01. The van der Waals surface area contributed by atoms with E-state index in [9.17, 15) is 8.78 Å². The van der Waals surface area contributed by atoms with Crippen LogP contribution in [0.25, 0.3) is 0 Å². The maximum atomic E-state index is 13.3. The highest BCUT2D eigenvalue weighted by molar-refractivity contribution is 5.62. The van der Waals surface area contributed by atoms with Crippen LogP contribution < -0.4 is 20.1 Å². The highest BCUT2D eigenvalue weighted by atomic mass is 19.2. The van der Waals surface area contributed by atoms with Crippen LogP contribution in [0.2, 0.25) is 0 Å². The normalized spacial score (nSPS) is 10.3. The summed E-state index contributed by atoms with van der Waals surface area (Å²) in [5.74, 6) is 0.0712. The summed E-state index contributed by atoms with van der Waals surface area (Å²) in [6.45, 7) is 0. The van der Waals surface area contributed by atoms with Crippen molar-refractivity contribution in [3.05, 3.63) is 60.3 Å². The number of benzene rings is 2. The van der Waals surface area contributed by atoms with Crippen molar-refractivity contribution in [1.82, 2.24) is 9.97 Å². The minimum absolute atomic E-state index is 0.237. The van der Waals surface area contributed by atoms with Gasteiger partial charge in [-0.25, -0.2) is 13.8 Å². The summed E-state index contributed by atoms with van der Waals surface area (Å²) in [6.07, 6.45) is 1.54. The van der Waals surface area contributed by atoms with E-state index in [0.29, 0.717) is 23.0 Å². The van der Waals surface area contributed by atoms with E-state index >= 15 is 0 Å². The fourth-order valence-electron chi connectivity index (χ4n) is 2.25. The van der Waals surface area contributed by atoms with E-state index in [1.165, 1.54) is 12.3 Å². The first-order valence-electron chi connectivity index (χ1n) is 7.63. The molecule has 8 heteroatoms. The molecule has 0 aliphatic rings. The molecule has 0 amide bonds. The number of nitrogens with one attached hydrogen (secondary N) is 2. The van der Waals surface area contributed by atoms with Gasteiger partial charge in [-0.1, -0.05) is 0 Å². The predicted octanol–water partition coefficient (Wildman–Crippen LogP) is 4.26. The average molecular weight is 358 g/mol. The number of hydrogen-bond acceptors (Lipinski definition) is 6. The summed E-state index contributed by atoms with van der Waals surface area (Å²) < 4.78 is 36.7. The molecule has 0 saturated carbocycles. The largest absolute Gasteiger partial charge is 0.493 e. The summed E-state index contributed by atoms with van der Waals surface area (Å²) >= 11 is 0. The van der Waals surface area contributed by atoms with Crippen molar-refractivity contribution in [3.63, 3.8) is 0 Å². The Morgan fingerprint density at radius 2 is 1.54 bits per heavy atom. The molecule has 26 heavy (non-hydrogen) atoms. The summed E-state index contributed by atoms with van der Waals surface area (Å²) in [4.78, 5) is 8.36. The van der Waals surface area contributed by atoms with Crippen molar-refractivity contribution in [2.24, 2.45) is 0 Å². The number of nitrogens with zero attached hydrogens (tertiary/aromatic N) is 2. The van der Waals surface area contributed by atoms with Crippen LogP contribution in [0.15, 0.2) is 48.7 Å². The maximum absolute atomic E-state index is 13.3. The van der Waals surface area contributed by atoms with Gasteiger partial charge in [-0.05, 0) is 30.3 Å². The Balaban J connectivity index is 1.78. The van der Waals surface area contributed by atoms with Crippen LogP contribution in [0.4, 0.5) is 31.9 Å². The number of anilines is 4. The van der Waals surface area contributed by atoms with Gasteiger partial charge in [0, 0.05) is 29.7 Å². The van der Waals surface area contributed by atoms with E-state index in [2.05, 4.69) is 20.6 Å². The predicted molar refractivity (Wildman–Crippen MR) is 94.5 cm³/mol. The smallest absolute Gasteiger partial charge is 0.229 e. The Hall–Kier alpha value is -3.42. The minimum atomic E-state index is -0.949. The van der Waals surface area contributed by atoms with Crippen LogP contribution in [-0.4, -0.2) is 24.2 Å². The fraction of sp³-hybridized carbons (Fsp3) is 0.111. The second kappa shape index (κ2) is 7.64. The second-order valence-electron chi connectivity index (χ2n) is 5.21. The molecule has 0 saturated heterocycles. The third kappa shape index (κ3) is 3.97. The number of hydrogen-bond donors (Lipinski definition) is 2. The molecular weight excluding hydrogens is 342 g/mol. The third-order valence-corrected chi connectivity index (χ3v) is 3.49. The van der Waals surface area contributed by atoms with E-state index in [0.717, 1.165) is 17.8 Å². The maximum Gasteiger partial charge on any atom is 0.229 e. The van der Waals surface area contributed by atoms with Crippen molar-refractivity contribution in [2.75, 3.05) is 24.9 Å². The van der Waals surface area contributed by atoms with E-state index in [1.54, 1.807) is 32.4 Å². The molecule has 134 valence electrons. The average Bonchev–Trinajstić information content (AvgIpc) is 2.65. The first kappa shape index (κ1) is 17.4. The van der Waals surface area contributed by atoms with E-state index in [-0.39, 0.29) is 5.95 Å². The number of methoxy groups -OCH3 is 2. The van der Waals surface area contributed by atoms with E-state index < -0.39 is 11.6 Å². The van der Waals surface area contributed by atoms with Crippen molar-refractivity contribution in [2.45, 2.75) is 0 Å². The van der Waals surface area contributed by atoms with Crippen LogP contribution in [-0.2, 0) is 0 Å². The van der Waals surface area contributed by atoms with E-state index in [4.69, 9.17) is 9.47 Å². The fourth-order valence-corrected chi connectivity index (χ4v) is 2.25. The van der Waals surface area contributed by atoms with Gasteiger partial charge in [-0.3, -0.25) is 0 Å². The van der Waals surface area contributed by atoms with Crippen molar-refractivity contribution in [1.29, 1.82) is 0 Å². The molecule has 0 bridgehead atoms. The molecule has 1 heterocycles. The first-order valence-corrected chi connectivity index (χ1v) is 7.63. The molecule has 0 radical (unpaired) electrons. The molecule has 0 unspecified atom stereocenters. The Morgan fingerprint density at radius 1 is 0.808 bits per heavy atom. The molecule has 3 rings (SSSR count). The van der Waals surface area contributed by atoms with Crippen LogP contribution >= 0.6 is 0 Å². The van der Waals surface area contributed by atoms with Gasteiger partial charge < -0.3 is 20.1 Å². The van der Waals surface area contributed by atoms with Crippen molar-refractivity contribution < 1.29 is 18.3 Å². The Kier molecular flexibility index (Phi) is 5.12. The zero-order valence-corrected chi connectivity index (χ0v) is 14.1. The van der Waals surface area contributed by atoms with Crippen molar-refractivity contribution >= 4 is 23.1 Å². The quantitative estimate of drug-likeness (QED) is 0.686. The molecule has 1 aromatic heterocycles. The summed E-state index contributed by atoms with van der Waals surface area (Å²) in [5, 5.41) is 5.94. The Morgan fingerprint density at radius 3 is 2.27 bits per heavy atom. The number of aromatic nitrogens is 2. The Labute approximate surface area is 148 Å². The molecular formula is C18H16F2N4O2. The standard InChI is InChI=1S/C18H16F2N4O2/c1-25-15-6-4-12(10-16(15)26-2)22-17-7-8-21-18(24-17)23-11-3-5-13(19)14(20)9-11/h3-10H,1-2H3,(H2,21,22,23,24). The number of ether oxygens (including phenoxy) is 2. The van der Waals surface area contributed by atoms with Crippen LogP contribution in [0.5, 0.6) is 11.5 Å².